The van der Waals surface area contributed by atoms with Gasteiger partial charge in [-0.05, 0) is 80.5 Å². The van der Waals surface area contributed by atoms with E-state index in [1.807, 2.05) is 0 Å². The zero-order valence-electron chi connectivity index (χ0n) is 17.0. The second-order valence-corrected chi connectivity index (χ2v) is 10.4. The number of rotatable bonds is 4. The molecule has 0 aromatic carbocycles. The maximum absolute atomic E-state index is 12.2. The first-order valence-electron chi connectivity index (χ1n) is 11.3. The number of ether oxygens (including phenoxy) is 1. The molecule has 0 unspecified atom stereocenters. The van der Waals surface area contributed by atoms with Crippen molar-refractivity contribution in [2.45, 2.75) is 97.0 Å². The van der Waals surface area contributed by atoms with E-state index in [0.717, 1.165) is 30.6 Å². The molecule has 4 fully saturated rings. The van der Waals surface area contributed by atoms with Gasteiger partial charge in [0.05, 0.1) is 12.8 Å². The van der Waals surface area contributed by atoms with E-state index in [0.29, 0.717) is 11.3 Å². The first kappa shape index (κ1) is 19.3. The molecule has 0 aromatic rings. The molecular weight excluding hydrogens is 340 g/mol. The van der Waals surface area contributed by atoms with E-state index in [-0.39, 0.29) is 30.3 Å². The normalized spacial score (nSPS) is 46.1. The van der Waals surface area contributed by atoms with Crippen LogP contribution in [0.5, 0.6) is 0 Å². The topological polar surface area (TPSA) is 63.6 Å². The molecule has 4 heteroatoms. The van der Waals surface area contributed by atoms with Crippen LogP contribution in [0.25, 0.3) is 0 Å². The van der Waals surface area contributed by atoms with Gasteiger partial charge in [0.2, 0.25) is 0 Å². The van der Waals surface area contributed by atoms with E-state index in [1.165, 1.54) is 51.4 Å². The lowest BCUT2D eigenvalue weighted by Crippen LogP contribution is -2.53. The van der Waals surface area contributed by atoms with Crippen LogP contribution >= 0.6 is 0 Å². The molecular formula is C23H36O4. The highest BCUT2D eigenvalue weighted by Crippen LogP contribution is 2.66. The van der Waals surface area contributed by atoms with Crippen LogP contribution < -0.4 is 0 Å². The van der Waals surface area contributed by atoms with E-state index < -0.39 is 5.97 Å². The van der Waals surface area contributed by atoms with E-state index in [1.54, 1.807) is 0 Å². The first-order chi connectivity index (χ1) is 12.8. The fraction of sp³-hybridized carbons (Fsp3) is 0.913. The van der Waals surface area contributed by atoms with Crippen molar-refractivity contribution in [2.75, 3.05) is 0 Å². The number of carbonyl (C=O) groups excluding carboxylic acids is 1. The van der Waals surface area contributed by atoms with Crippen LogP contribution in [0.15, 0.2) is 0 Å². The fourth-order valence-electron chi connectivity index (χ4n) is 7.87. The van der Waals surface area contributed by atoms with Crippen molar-refractivity contribution in [3.63, 3.8) is 0 Å². The van der Waals surface area contributed by atoms with E-state index in [2.05, 4.69) is 13.8 Å². The van der Waals surface area contributed by atoms with Crippen LogP contribution in [0.4, 0.5) is 0 Å². The van der Waals surface area contributed by atoms with Crippen molar-refractivity contribution in [3.8, 4) is 0 Å². The summed E-state index contributed by atoms with van der Waals surface area (Å²) in [6.45, 7) is 4.94. The molecule has 4 saturated carbocycles. The summed E-state index contributed by atoms with van der Waals surface area (Å²) < 4.78 is 5.84. The average molecular weight is 377 g/mol. The van der Waals surface area contributed by atoms with Crippen molar-refractivity contribution in [1.29, 1.82) is 0 Å². The number of esters is 1. The van der Waals surface area contributed by atoms with E-state index in [4.69, 9.17) is 9.84 Å². The first-order valence-corrected chi connectivity index (χ1v) is 11.3. The van der Waals surface area contributed by atoms with Crippen LogP contribution in [0.1, 0.15) is 90.9 Å². The Labute approximate surface area is 163 Å². The van der Waals surface area contributed by atoms with Gasteiger partial charge in [-0.25, -0.2) is 0 Å². The molecule has 4 aliphatic rings. The van der Waals surface area contributed by atoms with Gasteiger partial charge in [0.1, 0.15) is 6.10 Å². The third kappa shape index (κ3) is 3.21. The highest BCUT2D eigenvalue weighted by atomic mass is 16.5. The predicted molar refractivity (Wildman–Crippen MR) is 103 cm³/mol. The second-order valence-electron chi connectivity index (χ2n) is 10.4. The summed E-state index contributed by atoms with van der Waals surface area (Å²) in [7, 11) is 0. The van der Waals surface area contributed by atoms with Gasteiger partial charge in [-0.1, -0.05) is 26.7 Å². The largest absolute Gasteiger partial charge is 0.481 e. The summed E-state index contributed by atoms with van der Waals surface area (Å²) >= 11 is 0. The Kier molecular flexibility index (Phi) is 5.05. The lowest BCUT2D eigenvalue weighted by Gasteiger charge is -2.60. The third-order valence-corrected chi connectivity index (χ3v) is 9.31. The molecule has 7 atom stereocenters. The minimum absolute atomic E-state index is 0.00160. The van der Waals surface area contributed by atoms with Crippen molar-refractivity contribution in [3.05, 3.63) is 0 Å². The Morgan fingerprint density at radius 3 is 2.44 bits per heavy atom. The van der Waals surface area contributed by atoms with Gasteiger partial charge in [-0.2, -0.15) is 0 Å². The van der Waals surface area contributed by atoms with Crippen molar-refractivity contribution in [1.82, 2.24) is 0 Å². The summed E-state index contributed by atoms with van der Waals surface area (Å²) in [5, 5.41) is 8.80. The smallest absolute Gasteiger partial charge is 0.306 e. The van der Waals surface area contributed by atoms with Crippen LogP contribution in [-0.4, -0.2) is 23.1 Å². The molecule has 0 heterocycles. The number of carbonyl (C=O) groups is 2. The standard InChI is InChI=1S/C23H36O4/c1-22-13-4-3-5-15(22)6-7-16-17-8-9-19(23(17,2)14-12-18(16)22)27-21(26)11-10-20(24)25/h15-19H,3-14H2,1-2H3,(H,24,25)/t15-,16+,17+,18+,19+,22+,23+/m1/s1. The lowest BCUT2D eigenvalue weighted by atomic mass is 9.45. The Hall–Kier alpha value is -1.06. The van der Waals surface area contributed by atoms with Gasteiger partial charge >= 0.3 is 11.9 Å². The average Bonchev–Trinajstić information content (AvgIpc) is 2.96. The van der Waals surface area contributed by atoms with Crippen LogP contribution in [-0.2, 0) is 14.3 Å². The van der Waals surface area contributed by atoms with Gasteiger partial charge in [-0.15, -0.1) is 0 Å². The molecule has 1 N–H and O–H groups in total. The molecule has 0 saturated heterocycles. The third-order valence-electron chi connectivity index (χ3n) is 9.31. The molecule has 27 heavy (non-hydrogen) atoms. The summed E-state index contributed by atoms with van der Waals surface area (Å²) in [6, 6.07) is 0. The zero-order chi connectivity index (χ0) is 19.2. The van der Waals surface area contributed by atoms with Gasteiger partial charge in [0.25, 0.3) is 0 Å². The summed E-state index contributed by atoms with van der Waals surface area (Å²) in [4.78, 5) is 22.9. The Bertz CT molecular complexity index is 601. The zero-order valence-corrected chi connectivity index (χ0v) is 17.0. The van der Waals surface area contributed by atoms with Gasteiger partial charge in [-0.3, -0.25) is 9.59 Å². The lowest BCUT2D eigenvalue weighted by molar-refractivity contribution is -0.164. The minimum atomic E-state index is -0.930. The predicted octanol–water partition coefficient (Wildman–Crippen LogP) is 5.20. The van der Waals surface area contributed by atoms with E-state index in [9.17, 15) is 9.59 Å². The van der Waals surface area contributed by atoms with Gasteiger partial charge < -0.3 is 9.84 Å². The van der Waals surface area contributed by atoms with Crippen molar-refractivity contribution < 1.29 is 19.4 Å². The highest BCUT2D eigenvalue weighted by Gasteiger charge is 2.60. The Balaban J connectivity index is 1.46. The molecule has 0 amide bonds. The highest BCUT2D eigenvalue weighted by molar-refractivity contribution is 5.76. The molecule has 0 aromatic heterocycles. The van der Waals surface area contributed by atoms with Crippen LogP contribution in [0.2, 0.25) is 0 Å². The number of hydrogen-bond donors (Lipinski definition) is 1. The minimum Gasteiger partial charge on any atom is -0.481 e. The molecule has 152 valence electrons. The summed E-state index contributed by atoms with van der Waals surface area (Å²) in [5.74, 6) is 2.01. The van der Waals surface area contributed by atoms with Crippen LogP contribution in [0, 0.1) is 34.5 Å². The number of carboxylic acids is 1. The van der Waals surface area contributed by atoms with E-state index >= 15 is 0 Å². The molecule has 4 rings (SSSR count). The van der Waals surface area contributed by atoms with Gasteiger partial charge in [0.15, 0.2) is 0 Å². The Morgan fingerprint density at radius 1 is 0.889 bits per heavy atom. The summed E-state index contributed by atoms with van der Waals surface area (Å²) in [5.41, 5.74) is 0.636. The number of aliphatic carboxylic acids is 1. The molecule has 4 nitrogen and oxygen atoms in total. The molecule has 0 bridgehead atoms. The monoisotopic (exact) mass is 376 g/mol. The number of fused-ring (bicyclic) bond motifs is 5. The summed E-state index contributed by atoms with van der Waals surface area (Å²) in [6.07, 6.45) is 12.9. The maximum Gasteiger partial charge on any atom is 0.306 e. The second kappa shape index (κ2) is 7.08. The Morgan fingerprint density at radius 2 is 1.67 bits per heavy atom. The maximum atomic E-state index is 12.2. The number of hydrogen-bond acceptors (Lipinski definition) is 3. The molecule has 0 radical (unpaired) electrons. The molecule has 0 spiro atoms. The quantitative estimate of drug-likeness (QED) is 0.685. The van der Waals surface area contributed by atoms with Crippen molar-refractivity contribution >= 4 is 11.9 Å². The van der Waals surface area contributed by atoms with Crippen LogP contribution in [0.3, 0.4) is 0 Å². The number of carboxylic acid groups (broad SMARTS) is 1. The molecule has 4 aliphatic carbocycles. The van der Waals surface area contributed by atoms with Crippen molar-refractivity contribution in [2.24, 2.45) is 34.5 Å². The fourth-order valence-corrected chi connectivity index (χ4v) is 7.87. The SMILES string of the molecule is C[C@]12CCCC[C@@H]1CC[C@@H]1[C@@H]2CC[C@]2(C)[C@@H](OC(=O)CCC(=O)O)CC[C@@H]12. The van der Waals surface area contributed by atoms with Gasteiger partial charge in [0, 0.05) is 5.41 Å². The molecule has 0 aliphatic heterocycles.